The Bertz CT molecular complexity index is 418. The summed E-state index contributed by atoms with van der Waals surface area (Å²) in [6, 6.07) is 0. The zero-order valence-corrected chi connectivity index (χ0v) is 11.9. The molecule has 17 heavy (non-hydrogen) atoms. The van der Waals surface area contributed by atoms with Crippen molar-refractivity contribution in [3.05, 3.63) is 24.0 Å². The van der Waals surface area contributed by atoms with Crippen LogP contribution in [-0.4, -0.2) is 29.1 Å². The molecule has 0 aromatic carbocycles. The Labute approximate surface area is 105 Å². The van der Waals surface area contributed by atoms with Crippen molar-refractivity contribution in [1.82, 2.24) is 5.01 Å². The normalized spacial score (nSPS) is 19.1. The van der Waals surface area contributed by atoms with Gasteiger partial charge in [-0.05, 0) is 18.4 Å². The molecule has 0 heterocycles. The molecule has 0 aromatic heterocycles. The van der Waals surface area contributed by atoms with Crippen molar-refractivity contribution in [3.63, 3.8) is 0 Å². The maximum atomic E-state index is 12.2. The molecule has 0 fully saturated rings. The van der Waals surface area contributed by atoms with Gasteiger partial charge in [-0.25, -0.2) is 4.21 Å². The largest absolute Gasteiger partial charge is 0.400 e. The van der Waals surface area contributed by atoms with Gasteiger partial charge in [-0.15, -0.1) is 4.47 Å². The summed E-state index contributed by atoms with van der Waals surface area (Å²) in [5, 5.41) is 1.70. The fraction of sp³-hybridized carbons (Fsp3) is 0.667. The highest BCUT2D eigenvalue weighted by Crippen LogP contribution is 2.16. The smallest absolute Gasteiger partial charge is 0.218 e. The first kappa shape index (κ1) is 14.3. The molecule has 0 saturated carbocycles. The molecule has 0 radical (unpaired) electrons. The lowest BCUT2D eigenvalue weighted by Crippen LogP contribution is -2.20. The van der Waals surface area contributed by atoms with E-state index < -0.39 is 10.0 Å². The van der Waals surface area contributed by atoms with Gasteiger partial charge in [0.05, 0.1) is 6.26 Å². The minimum atomic E-state index is -2.63. The minimum absolute atomic E-state index is 0.482. The van der Waals surface area contributed by atoms with Gasteiger partial charge in [-0.2, -0.15) is 5.01 Å². The highest BCUT2D eigenvalue weighted by molar-refractivity contribution is 7.88. The molecular weight excluding hydrogens is 236 g/mol. The third-order valence-electron chi connectivity index (χ3n) is 2.15. The van der Waals surface area contributed by atoms with E-state index in [0.717, 1.165) is 25.1 Å². The number of hydrogen-bond acceptors (Lipinski definition) is 3. The summed E-state index contributed by atoms with van der Waals surface area (Å²) in [4.78, 5) is 0. The van der Waals surface area contributed by atoms with Crippen LogP contribution >= 0.6 is 0 Å². The van der Waals surface area contributed by atoms with Crippen LogP contribution in [0.25, 0.3) is 0 Å². The Kier molecular flexibility index (Phi) is 5.21. The van der Waals surface area contributed by atoms with Crippen LogP contribution < -0.4 is 0 Å². The molecule has 0 amide bonds. The van der Waals surface area contributed by atoms with Gasteiger partial charge in [0.1, 0.15) is 5.76 Å². The summed E-state index contributed by atoms with van der Waals surface area (Å²) in [5.74, 6) is 1.23. The SMILES string of the molecule is CC(C)CN(C)N=S(C)(=O)OC1=CC=CCC1. The number of rotatable bonds is 5. The van der Waals surface area contributed by atoms with E-state index in [9.17, 15) is 4.21 Å². The van der Waals surface area contributed by atoms with Crippen LogP contribution in [0.5, 0.6) is 0 Å². The molecule has 0 aromatic rings. The summed E-state index contributed by atoms with van der Waals surface area (Å²) in [7, 11) is -0.806. The van der Waals surface area contributed by atoms with Crippen molar-refractivity contribution in [2.24, 2.45) is 10.4 Å². The molecular formula is C12H22N2O2S. The summed E-state index contributed by atoms with van der Waals surface area (Å²) >= 11 is 0. The monoisotopic (exact) mass is 258 g/mol. The van der Waals surface area contributed by atoms with Crippen molar-refractivity contribution >= 4 is 10.0 Å². The Balaban J connectivity index is 2.66. The lowest BCUT2D eigenvalue weighted by atomic mass is 10.2. The molecule has 0 bridgehead atoms. The average molecular weight is 258 g/mol. The fourth-order valence-corrected chi connectivity index (χ4v) is 2.82. The zero-order chi connectivity index (χ0) is 12.9. The molecule has 1 atom stereocenters. The zero-order valence-electron chi connectivity index (χ0n) is 11.0. The standard InChI is InChI=1S/C12H22N2O2S/c1-11(2)10-14(3)13-17(4,15)16-12-8-6-5-7-9-12/h5-6,8,11H,7,9-10H2,1-4H3. The van der Waals surface area contributed by atoms with Crippen LogP contribution in [0.15, 0.2) is 28.5 Å². The molecule has 1 rings (SSSR count). The van der Waals surface area contributed by atoms with Crippen LogP contribution in [0.4, 0.5) is 0 Å². The Hall–Kier alpha value is -0.810. The minimum Gasteiger partial charge on any atom is -0.400 e. The molecule has 0 aliphatic heterocycles. The van der Waals surface area contributed by atoms with E-state index in [0.29, 0.717) is 5.92 Å². The van der Waals surface area contributed by atoms with Gasteiger partial charge in [-0.1, -0.05) is 26.0 Å². The van der Waals surface area contributed by atoms with Crippen LogP contribution in [0.1, 0.15) is 26.7 Å². The average Bonchev–Trinajstić information content (AvgIpc) is 2.15. The van der Waals surface area contributed by atoms with Crippen molar-refractivity contribution in [2.45, 2.75) is 26.7 Å². The van der Waals surface area contributed by atoms with Crippen LogP contribution in [0, 0.1) is 5.92 Å². The fourth-order valence-electron chi connectivity index (χ4n) is 1.68. The summed E-state index contributed by atoms with van der Waals surface area (Å²) in [5.41, 5.74) is 0. The third kappa shape index (κ3) is 5.89. The molecule has 1 unspecified atom stereocenters. The van der Waals surface area contributed by atoms with Gasteiger partial charge < -0.3 is 4.18 Å². The number of allylic oxidation sites excluding steroid dienone is 4. The number of hydrogen-bond donors (Lipinski definition) is 0. The first-order valence-corrected chi connectivity index (χ1v) is 7.72. The lowest BCUT2D eigenvalue weighted by Gasteiger charge is -2.17. The maximum Gasteiger partial charge on any atom is 0.218 e. The van der Waals surface area contributed by atoms with Gasteiger partial charge in [0.25, 0.3) is 0 Å². The molecule has 5 heteroatoms. The van der Waals surface area contributed by atoms with Gasteiger partial charge in [0.15, 0.2) is 0 Å². The molecule has 98 valence electrons. The Morgan fingerprint density at radius 3 is 2.82 bits per heavy atom. The van der Waals surface area contributed by atoms with E-state index in [1.807, 2.05) is 19.2 Å². The summed E-state index contributed by atoms with van der Waals surface area (Å²) in [6.45, 7) is 4.96. The Morgan fingerprint density at radius 1 is 1.59 bits per heavy atom. The van der Waals surface area contributed by atoms with Crippen LogP contribution in [0.2, 0.25) is 0 Å². The predicted octanol–water partition coefficient (Wildman–Crippen LogP) is 2.75. The molecule has 0 spiro atoms. The second kappa shape index (κ2) is 6.21. The van der Waals surface area contributed by atoms with Gasteiger partial charge in [0.2, 0.25) is 10.0 Å². The van der Waals surface area contributed by atoms with Gasteiger partial charge >= 0.3 is 0 Å². The molecule has 1 aliphatic rings. The second-order valence-electron chi connectivity index (χ2n) is 4.73. The second-order valence-corrected chi connectivity index (χ2v) is 6.53. The maximum absolute atomic E-state index is 12.2. The van der Waals surface area contributed by atoms with E-state index in [1.54, 1.807) is 5.01 Å². The van der Waals surface area contributed by atoms with E-state index in [2.05, 4.69) is 24.4 Å². The highest BCUT2D eigenvalue weighted by atomic mass is 32.2. The van der Waals surface area contributed by atoms with Crippen molar-refractivity contribution in [1.29, 1.82) is 0 Å². The molecule has 0 saturated heterocycles. The predicted molar refractivity (Wildman–Crippen MR) is 71.5 cm³/mol. The highest BCUT2D eigenvalue weighted by Gasteiger charge is 2.10. The third-order valence-corrected chi connectivity index (χ3v) is 3.25. The summed E-state index contributed by atoms with van der Waals surface area (Å²) in [6.07, 6.45) is 9.10. The quantitative estimate of drug-likeness (QED) is 0.712. The van der Waals surface area contributed by atoms with Crippen molar-refractivity contribution in [3.8, 4) is 0 Å². The first-order valence-electron chi connectivity index (χ1n) is 5.87. The first-order chi connectivity index (χ1) is 7.89. The van der Waals surface area contributed by atoms with Crippen molar-refractivity contribution < 1.29 is 8.39 Å². The van der Waals surface area contributed by atoms with E-state index >= 15 is 0 Å². The van der Waals surface area contributed by atoms with Crippen LogP contribution in [0.3, 0.4) is 0 Å². The van der Waals surface area contributed by atoms with Crippen molar-refractivity contribution in [2.75, 3.05) is 19.8 Å². The Morgan fingerprint density at radius 2 is 2.29 bits per heavy atom. The van der Waals surface area contributed by atoms with E-state index in [1.165, 1.54) is 6.26 Å². The van der Waals surface area contributed by atoms with Gasteiger partial charge in [0, 0.05) is 20.0 Å². The topological polar surface area (TPSA) is 41.9 Å². The van der Waals surface area contributed by atoms with Gasteiger partial charge in [-0.3, -0.25) is 0 Å². The summed E-state index contributed by atoms with van der Waals surface area (Å²) < 4.78 is 21.7. The molecule has 0 N–H and O–H groups in total. The molecule has 1 aliphatic carbocycles. The van der Waals surface area contributed by atoms with E-state index in [-0.39, 0.29) is 0 Å². The van der Waals surface area contributed by atoms with Crippen LogP contribution in [-0.2, 0) is 14.2 Å². The molecule has 4 nitrogen and oxygen atoms in total. The van der Waals surface area contributed by atoms with E-state index in [4.69, 9.17) is 4.18 Å². The lowest BCUT2D eigenvalue weighted by molar-refractivity contribution is 0.305. The number of nitrogens with zero attached hydrogens (tertiary/aromatic N) is 2.